The lowest BCUT2D eigenvalue weighted by molar-refractivity contribution is 0.0717. The lowest BCUT2D eigenvalue weighted by atomic mass is 9.76. The summed E-state index contributed by atoms with van der Waals surface area (Å²) >= 11 is 0. The van der Waals surface area contributed by atoms with Crippen molar-refractivity contribution in [3.8, 4) is 0 Å². The third-order valence-corrected chi connectivity index (χ3v) is 4.33. The van der Waals surface area contributed by atoms with Crippen molar-refractivity contribution in [3.63, 3.8) is 0 Å². The second kappa shape index (κ2) is 6.89. The number of rotatable bonds is 5. The first kappa shape index (κ1) is 13.5. The van der Waals surface area contributed by atoms with Crippen molar-refractivity contribution in [3.05, 3.63) is 30.1 Å². The van der Waals surface area contributed by atoms with Crippen molar-refractivity contribution < 1.29 is 5.11 Å². The Labute approximate surface area is 110 Å². The van der Waals surface area contributed by atoms with E-state index in [-0.39, 0.29) is 6.10 Å². The van der Waals surface area contributed by atoms with Crippen LogP contribution in [0.15, 0.2) is 24.5 Å². The summed E-state index contributed by atoms with van der Waals surface area (Å²) in [5, 5.41) is 10.4. The van der Waals surface area contributed by atoms with E-state index in [1.165, 1.54) is 44.9 Å². The van der Waals surface area contributed by atoms with Gasteiger partial charge in [0.2, 0.25) is 0 Å². The fraction of sp³-hybridized carbons (Fsp3) is 0.688. The topological polar surface area (TPSA) is 33.1 Å². The second-order valence-electron chi connectivity index (χ2n) is 5.65. The van der Waals surface area contributed by atoms with E-state index in [1.54, 1.807) is 12.4 Å². The smallest absolute Gasteiger partial charge is 0.0833 e. The number of aromatic nitrogens is 1. The lowest BCUT2D eigenvalue weighted by Gasteiger charge is -2.31. The van der Waals surface area contributed by atoms with Crippen LogP contribution in [-0.2, 0) is 0 Å². The molecule has 1 aromatic heterocycles. The molecule has 1 aromatic rings. The van der Waals surface area contributed by atoms with Gasteiger partial charge in [-0.25, -0.2) is 0 Å². The largest absolute Gasteiger partial charge is 0.388 e. The molecule has 0 bridgehead atoms. The highest BCUT2D eigenvalue weighted by atomic mass is 16.3. The van der Waals surface area contributed by atoms with E-state index in [4.69, 9.17) is 0 Å². The Hall–Kier alpha value is -0.890. The monoisotopic (exact) mass is 247 g/mol. The number of aliphatic hydroxyl groups is 1. The van der Waals surface area contributed by atoms with Crippen LogP contribution < -0.4 is 0 Å². The van der Waals surface area contributed by atoms with Crippen LogP contribution in [0.5, 0.6) is 0 Å². The van der Waals surface area contributed by atoms with E-state index in [1.807, 2.05) is 12.1 Å². The van der Waals surface area contributed by atoms with Crippen molar-refractivity contribution in [2.45, 2.75) is 58.0 Å². The van der Waals surface area contributed by atoms with Gasteiger partial charge in [0.15, 0.2) is 0 Å². The van der Waals surface area contributed by atoms with E-state index in [2.05, 4.69) is 11.9 Å². The lowest BCUT2D eigenvalue weighted by Crippen LogP contribution is -2.20. The number of hydrogen-bond donors (Lipinski definition) is 1. The Morgan fingerprint density at radius 2 is 2.11 bits per heavy atom. The number of hydrogen-bond acceptors (Lipinski definition) is 2. The molecule has 1 aliphatic carbocycles. The predicted molar refractivity (Wildman–Crippen MR) is 74.2 cm³/mol. The first-order chi connectivity index (χ1) is 8.81. The van der Waals surface area contributed by atoms with E-state index < -0.39 is 0 Å². The van der Waals surface area contributed by atoms with Crippen LogP contribution in [0, 0.1) is 11.8 Å². The SMILES string of the molecule is CCCCC1CCC(C(O)c2cccnc2)CC1. The molecule has 2 heteroatoms. The molecule has 1 atom stereocenters. The number of aliphatic hydroxyl groups excluding tert-OH is 1. The average molecular weight is 247 g/mol. The highest BCUT2D eigenvalue weighted by Crippen LogP contribution is 2.38. The van der Waals surface area contributed by atoms with Gasteiger partial charge in [0, 0.05) is 12.4 Å². The molecule has 0 spiro atoms. The fourth-order valence-electron chi connectivity index (χ4n) is 3.11. The molecule has 0 aromatic carbocycles. The molecule has 1 aliphatic rings. The Morgan fingerprint density at radius 3 is 2.72 bits per heavy atom. The molecule has 1 heterocycles. The van der Waals surface area contributed by atoms with E-state index in [0.29, 0.717) is 5.92 Å². The molecule has 0 saturated heterocycles. The van der Waals surface area contributed by atoms with Crippen LogP contribution in [0.3, 0.4) is 0 Å². The van der Waals surface area contributed by atoms with Gasteiger partial charge in [0.1, 0.15) is 0 Å². The van der Waals surface area contributed by atoms with Gasteiger partial charge in [-0.3, -0.25) is 4.98 Å². The molecule has 0 radical (unpaired) electrons. The van der Waals surface area contributed by atoms with Gasteiger partial charge in [-0.2, -0.15) is 0 Å². The zero-order valence-electron chi connectivity index (χ0n) is 11.4. The molecule has 1 fully saturated rings. The first-order valence-electron chi connectivity index (χ1n) is 7.39. The van der Waals surface area contributed by atoms with Crippen molar-refractivity contribution in [2.75, 3.05) is 0 Å². The maximum Gasteiger partial charge on any atom is 0.0833 e. The minimum absolute atomic E-state index is 0.314. The van der Waals surface area contributed by atoms with Gasteiger partial charge >= 0.3 is 0 Å². The number of pyridine rings is 1. The van der Waals surface area contributed by atoms with Crippen molar-refractivity contribution >= 4 is 0 Å². The minimum atomic E-state index is -0.314. The number of unbranched alkanes of at least 4 members (excludes halogenated alkanes) is 1. The van der Waals surface area contributed by atoms with Crippen LogP contribution >= 0.6 is 0 Å². The van der Waals surface area contributed by atoms with Gasteiger partial charge in [-0.05, 0) is 36.3 Å². The van der Waals surface area contributed by atoms with E-state index >= 15 is 0 Å². The third-order valence-electron chi connectivity index (χ3n) is 4.33. The molecule has 2 nitrogen and oxygen atoms in total. The van der Waals surface area contributed by atoms with Gasteiger partial charge in [-0.1, -0.05) is 45.1 Å². The predicted octanol–water partition coefficient (Wildman–Crippen LogP) is 4.11. The highest BCUT2D eigenvalue weighted by Gasteiger charge is 2.27. The minimum Gasteiger partial charge on any atom is -0.388 e. The maximum absolute atomic E-state index is 10.4. The van der Waals surface area contributed by atoms with Gasteiger partial charge in [0.05, 0.1) is 6.10 Å². The van der Waals surface area contributed by atoms with Crippen LogP contribution in [0.25, 0.3) is 0 Å². The maximum atomic E-state index is 10.4. The average Bonchev–Trinajstić information content (AvgIpc) is 2.46. The Kier molecular flexibility index (Phi) is 5.18. The summed E-state index contributed by atoms with van der Waals surface area (Å²) in [5.74, 6) is 1.34. The molecule has 0 aliphatic heterocycles. The zero-order chi connectivity index (χ0) is 12.8. The number of nitrogens with zero attached hydrogens (tertiary/aromatic N) is 1. The van der Waals surface area contributed by atoms with Crippen molar-refractivity contribution in [1.82, 2.24) is 4.98 Å². The van der Waals surface area contributed by atoms with Gasteiger partial charge < -0.3 is 5.11 Å². The Bertz CT molecular complexity index is 330. The van der Waals surface area contributed by atoms with E-state index in [0.717, 1.165) is 11.5 Å². The summed E-state index contributed by atoms with van der Waals surface area (Å²) in [5.41, 5.74) is 0.981. The molecule has 1 N–H and O–H groups in total. The summed E-state index contributed by atoms with van der Waals surface area (Å²) in [6, 6.07) is 3.90. The van der Waals surface area contributed by atoms with Crippen molar-refractivity contribution in [2.24, 2.45) is 11.8 Å². The molecular formula is C16H25NO. The zero-order valence-corrected chi connectivity index (χ0v) is 11.4. The summed E-state index contributed by atoms with van der Waals surface area (Å²) < 4.78 is 0. The summed E-state index contributed by atoms with van der Waals surface area (Å²) in [4.78, 5) is 4.10. The summed E-state index contributed by atoms with van der Waals surface area (Å²) in [6.45, 7) is 2.26. The standard InChI is InChI=1S/C16H25NO/c1-2-3-5-13-7-9-14(10-8-13)16(18)15-6-4-11-17-12-15/h4,6,11-14,16,18H,2-3,5,7-10H2,1H3. The van der Waals surface area contributed by atoms with Crippen LogP contribution in [-0.4, -0.2) is 10.1 Å². The molecular weight excluding hydrogens is 222 g/mol. The third kappa shape index (κ3) is 3.55. The van der Waals surface area contributed by atoms with Crippen molar-refractivity contribution in [1.29, 1.82) is 0 Å². The fourth-order valence-corrected chi connectivity index (χ4v) is 3.11. The second-order valence-corrected chi connectivity index (χ2v) is 5.65. The van der Waals surface area contributed by atoms with E-state index in [9.17, 15) is 5.11 Å². The van der Waals surface area contributed by atoms with Gasteiger partial charge in [-0.15, -0.1) is 0 Å². The van der Waals surface area contributed by atoms with Gasteiger partial charge in [0.25, 0.3) is 0 Å². The summed E-state index contributed by atoms with van der Waals surface area (Å²) in [6.07, 6.45) is 12.2. The quantitative estimate of drug-likeness (QED) is 0.849. The molecule has 100 valence electrons. The molecule has 1 saturated carbocycles. The van der Waals surface area contributed by atoms with Crippen LogP contribution in [0.1, 0.15) is 63.5 Å². The van der Waals surface area contributed by atoms with Crippen LogP contribution in [0.2, 0.25) is 0 Å². The van der Waals surface area contributed by atoms with Crippen LogP contribution in [0.4, 0.5) is 0 Å². The Morgan fingerprint density at radius 1 is 1.33 bits per heavy atom. The first-order valence-corrected chi connectivity index (χ1v) is 7.39. The highest BCUT2D eigenvalue weighted by molar-refractivity contribution is 5.12. The molecule has 0 amide bonds. The normalized spacial score (nSPS) is 25.9. The molecule has 1 unspecified atom stereocenters. The summed E-state index contributed by atoms with van der Waals surface area (Å²) in [7, 11) is 0. The molecule has 2 rings (SSSR count). The molecule has 18 heavy (non-hydrogen) atoms. The Balaban J connectivity index is 1.82.